The van der Waals surface area contributed by atoms with Gasteiger partial charge >= 0.3 is 5.97 Å². The van der Waals surface area contributed by atoms with Crippen LogP contribution in [-0.2, 0) is 11.3 Å². The van der Waals surface area contributed by atoms with Crippen LogP contribution in [-0.4, -0.2) is 28.9 Å². The number of aliphatic hydroxyl groups is 1. The summed E-state index contributed by atoms with van der Waals surface area (Å²) in [5.74, 6) is 0.223. The standard InChI is InChI=1S/C35H32FNO4/c1-40-35(39)26-12-10-24(11-13-26)32-33-30(8-5-9-31(33)41-22-23-6-3-2-4-7-23)37(28-18-16-27(36)17-19-28)34(32)25-14-20-29(38)21-15-25/h2-13,16-19,25,29,38H,14-15,20-22H2,1H3. The summed E-state index contributed by atoms with van der Waals surface area (Å²) < 4.78 is 27.7. The van der Waals surface area contributed by atoms with Gasteiger partial charge in [0.05, 0.1) is 29.7 Å². The number of aliphatic hydroxyl groups excluding tert-OH is 1. The summed E-state index contributed by atoms with van der Waals surface area (Å²) in [6.07, 6.45) is 2.78. The molecule has 0 atom stereocenters. The number of esters is 1. The highest BCUT2D eigenvalue weighted by Gasteiger charge is 2.31. The first-order valence-corrected chi connectivity index (χ1v) is 14.0. The van der Waals surface area contributed by atoms with Crippen LogP contribution >= 0.6 is 0 Å². The summed E-state index contributed by atoms with van der Waals surface area (Å²) in [5, 5.41) is 11.3. The number of benzene rings is 4. The van der Waals surface area contributed by atoms with Crippen molar-refractivity contribution in [3.8, 4) is 22.6 Å². The summed E-state index contributed by atoms with van der Waals surface area (Å²) in [5.41, 5.74) is 6.41. The maximum Gasteiger partial charge on any atom is 0.337 e. The van der Waals surface area contributed by atoms with Gasteiger partial charge in [-0.15, -0.1) is 0 Å². The first kappa shape index (κ1) is 26.8. The number of carbonyl (C=O) groups excluding carboxylic acids is 1. The minimum Gasteiger partial charge on any atom is -0.488 e. The van der Waals surface area contributed by atoms with Crippen molar-refractivity contribution in [3.63, 3.8) is 0 Å². The van der Waals surface area contributed by atoms with E-state index in [0.717, 1.165) is 57.6 Å². The SMILES string of the molecule is COC(=O)c1ccc(-c2c(C3CCC(O)CC3)n(-c3ccc(F)cc3)c3cccc(OCc4ccccc4)c23)cc1. The Morgan fingerprint density at radius 3 is 2.27 bits per heavy atom. The van der Waals surface area contributed by atoms with Gasteiger partial charge < -0.3 is 19.1 Å². The quantitative estimate of drug-likeness (QED) is 0.210. The molecule has 0 radical (unpaired) electrons. The summed E-state index contributed by atoms with van der Waals surface area (Å²) in [7, 11) is 1.37. The van der Waals surface area contributed by atoms with Crippen LogP contribution < -0.4 is 4.74 Å². The van der Waals surface area contributed by atoms with Crippen LogP contribution in [0.2, 0.25) is 0 Å². The van der Waals surface area contributed by atoms with Crippen molar-refractivity contribution in [2.24, 2.45) is 0 Å². The van der Waals surface area contributed by atoms with E-state index < -0.39 is 5.97 Å². The second-order valence-electron chi connectivity index (χ2n) is 10.6. The number of carbonyl (C=O) groups is 1. The molecule has 1 N–H and O–H groups in total. The largest absolute Gasteiger partial charge is 0.488 e. The predicted molar refractivity (Wildman–Crippen MR) is 158 cm³/mol. The number of rotatable bonds is 7. The molecule has 0 saturated heterocycles. The lowest BCUT2D eigenvalue weighted by atomic mass is 9.82. The zero-order valence-corrected chi connectivity index (χ0v) is 22.9. The average molecular weight is 550 g/mol. The van der Waals surface area contributed by atoms with Crippen molar-refractivity contribution in [1.29, 1.82) is 0 Å². The van der Waals surface area contributed by atoms with Crippen molar-refractivity contribution in [1.82, 2.24) is 4.57 Å². The third-order valence-corrected chi connectivity index (χ3v) is 7.99. The fourth-order valence-corrected chi connectivity index (χ4v) is 5.97. The van der Waals surface area contributed by atoms with Crippen LogP contribution in [0.15, 0.2) is 97.1 Å². The molecule has 208 valence electrons. The first-order chi connectivity index (χ1) is 20.0. The number of hydrogen-bond acceptors (Lipinski definition) is 4. The highest BCUT2D eigenvalue weighted by Crippen LogP contribution is 2.48. The summed E-state index contributed by atoms with van der Waals surface area (Å²) in [6.45, 7) is 0.410. The van der Waals surface area contributed by atoms with Gasteiger partial charge in [0.25, 0.3) is 0 Å². The lowest BCUT2D eigenvalue weighted by molar-refractivity contribution is 0.0600. The van der Waals surface area contributed by atoms with Crippen LogP contribution in [0.5, 0.6) is 5.75 Å². The number of aromatic nitrogens is 1. The third kappa shape index (κ3) is 5.35. The van der Waals surface area contributed by atoms with E-state index in [4.69, 9.17) is 9.47 Å². The fourth-order valence-electron chi connectivity index (χ4n) is 5.97. The Bertz CT molecular complexity index is 1650. The number of halogens is 1. The molecule has 1 aliphatic carbocycles. The fraction of sp³-hybridized carbons (Fsp3) is 0.229. The van der Waals surface area contributed by atoms with Gasteiger partial charge in [-0.05, 0) is 85.3 Å². The molecule has 0 aliphatic heterocycles. The summed E-state index contributed by atoms with van der Waals surface area (Å²) >= 11 is 0. The molecule has 41 heavy (non-hydrogen) atoms. The highest BCUT2D eigenvalue weighted by atomic mass is 19.1. The monoisotopic (exact) mass is 549 g/mol. The molecule has 1 aromatic heterocycles. The van der Waals surface area contributed by atoms with Crippen molar-refractivity contribution in [2.75, 3.05) is 7.11 Å². The van der Waals surface area contributed by atoms with Crippen LogP contribution in [0.25, 0.3) is 27.7 Å². The summed E-state index contributed by atoms with van der Waals surface area (Å²) in [6, 6.07) is 30.1. The molecule has 1 saturated carbocycles. The van der Waals surface area contributed by atoms with Crippen molar-refractivity contribution in [2.45, 2.75) is 44.3 Å². The van der Waals surface area contributed by atoms with Gasteiger partial charge in [0, 0.05) is 22.9 Å². The molecule has 1 aliphatic rings. The molecule has 6 heteroatoms. The second kappa shape index (κ2) is 11.6. The van der Waals surface area contributed by atoms with Gasteiger partial charge in [0.2, 0.25) is 0 Å². The van der Waals surface area contributed by atoms with Gasteiger partial charge in [0.1, 0.15) is 18.2 Å². The summed E-state index contributed by atoms with van der Waals surface area (Å²) in [4.78, 5) is 12.2. The third-order valence-electron chi connectivity index (χ3n) is 7.99. The van der Waals surface area contributed by atoms with Gasteiger partial charge in [-0.1, -0.05) is 48.5 Å². The molecule has 5 aromatic rings. The van der Waals surface area contributed by atoms with Crippen LogP contribution in [0, 0.1) is 5.82 Å². The van der Waals surface area contributed by atoms with Crippen molar-refractivity contribution >= 4 is 16.9 Å². The minimum absolute atomic E-state index is 0.160. The molecule has 0 unspecified atom stereocenters. The Kier molecular flexibility index (Phi) is 7.57. The van der Waals surface area contributed by atoms with E-state index >= 15 is 0 Å². The van der Waals surface area contributed by atoms with Crippen molar-refractivity contribution in [3.05, 3.63) is 120 Å². The normalized spacial score (nSPS) is 17.0. The minimum atomic E-state index is -0.390. The van der Waals surface area contributed by atoms with E-state index in [1.54, 1.807) is 24.3 Å². The molecule has 0 amide bonds. The molecule has 1 fully saturated rings. The molecule has 0 bridgehead atoms. The smallest absolute Gasteiger partial charge is 0.337 e. The lowest BCUT2D eigenvalue weighted by Gasteiger charge is -2.28. The molecule has 6 rings (SSSR count). The zero-order chi connectivity index (χ0) is 28.3. The maximum atomic E-state index is 14.0. The second-order valence-corrected chi connectivity index (χ2v) is 10.6. The zero-order valence-electron chi connectivity index (χ0n) is 22.9. The molecular formula is C35H32FNO4. The maximum absolute atomic E-state index is 14.0. The molecular weight excluding hydrogens is 517 g/mol. The van der Waals surface area contributed by atoms with Gasteiger partial charge in [0.15, 0.2) is 0 Å². The van der Waals surface area contributed by atoms with Crippen LogP contribution in [0.1, 0.15) is 53.2 Å². The lowest BCUT2D eigenvalue weighted by Crippen LogP contribution is -2.19. The predicted octanol–water partition coefficient (Wildman–Crippen LogP) is 7.82. The Hall–Kier alpha value is -4.42. The molecule has 4 aromatic carbocycles. The van der Waals surface area contributed by atoms with Gasteiger partial charge in [-0.3, -0.25) is 0 Å². The van der Waals surface area contributed by atoms with Crippen LogP contribution in [0.3, 0.4) is 0 Å². The average Bonchev–Trinajstić information content (AvgIpc) is 3.37. The molecule has 5 nitrogen and oxygen atoms in total. The van der Waals surface area contributed by atoms with E-state index in [0.29, 0.717) is 25.0 Å². The number of hydrogen-bond donors (Lipinski definition) is 1. The first-order valence-electron chi connectivity index (χ1n) is 14.0. The Morgan fingerprint density at radius 2 is 1.59 bits per heavy atom. The van der Waals surface area contributed by atoms with E-state index in [2.05, 4.69) is 10.6 Å². The Balaban J connectivity index is 1.60. The van der Waals surface area contributed by atoms with E-state index in [9.17, 15) is 14.3 Å². The van der Waals surface area contributed by atoms with E-state index in [-0.39, 0.29) is 17.8 Å². The van der Waals surface area contributed by atoms with E-state index in [1.165, 1.54) is 19.2 Å². The number of fused-ring (bicyclic) bond motifs is 1. The van der Waals surface area contributed by atoms with Gasteiger partial charge in [-0.25, -0.2) is 9.18 Å². The van der Waals surface area contributed by atoms with Gasteiger partial charge in [-0.2, -0.15) is 0 Å². The topological polar surface area (TPSA) is 60.7 Å². The Labute approximate surface area is 238 Å². The molecule has 1 heterocycles. The van der Waals surface area contributed by atoms with Crippen molar-refractivity contribution < 1.29 is 23.8 Å². The molecule has 0 spiro atoms. The highest BCUT2D eigenvalue weighted by molar-refractivity contribution is 6.04. The van der Waals surface area contributed by atoms with Crippen LogP contribution in [0.4, 0.5) is 4.39 Å². The number of nitrogens with zero attached hydrogens (tertiary/aromatic N) is 1. The number of methoxy groups -OCH3 is 1. The van der Waals surface area contributed by atoms with E-state index in [1.807, 2.05) is 54.6 Å². The Morgan fingerprint density at radius 1 is 0.878 bits per heavy atom. The number of ether oxygens (including phenoxy) is 2.